The van der Waals surface area contributed by atoms with E-state index in [0.717, 1.165) is 39.0 Å². The van der Waals surface area contributed by atoms with Crippen LogP contribution >= 0.6 is 0 Å². The summed E-state index contributed by atoms with van der Waals surface area (Å²) in [4.78, 5) is 19.0. The first-order valence-electron chi connectivity index (χ1n) is 12.5. The summed E-state index contributed by atoms with van der Waals surface area (Å²) in [6, 6.07) is 38.4. The van der Waals surface area contributed by atoms with Crippen molar-refractivity contribution in [3.63, 3.8) is 0 Å². The predicted octanol–water partition coefficient (Wildman–Crippen LogP) is 6.90. The number of nitrogens with zero attached hydrogens (tertiary/aromatic N) is 1. The molecule has 4 nitrogen and oxygen atoms in total. The van der Waals surface area contributed by atoms with Crippen LogP contribution in [0.5, 0.6) is 5.75 Å². The summed E-state index contributed by atoms with van der Waals surface area (Å²) < 4.78 is 5.37. The molecule has 0 atom stereocenters. The number of methoxy groups -OCH3 is 1. The van der Waals surface area contributed by atoms with Gasteiger partial charge in [0.15, 0.2) is 0 Å². The minimum absolute atomic E-state index is 0.0193. The molecule has 5 aromatic rings. The molecule has 5 rings (SSSR count). The fourth-order valence-corrected chi connectivity index (χ4v) is 5.00. The third-order valence-corrected chi connectivity index (χ3v) is 6.83. The average Bonchev–Trinajstić information content (AvgIpc) is 2.95. The van der Waals surface area contributed by atoms with Gasteiger partial charge in [-0.1, -0.05) is 91.0 Å². The zero-order valence-corrected chi connectivity index (χ0v) is 20.9. The van der Waals surface area contributed by atoms with Gasteiger partial charge in [0, 0.05) is 11.6 Å². The molecule has 37 heavy (non-hydrogen) atoms. The second-order valence-electron chi connectivity index (χ2n) is 9.46. The number of para-hydroxylation sites is 1. The molecule has 184 valence electrons. The summed E-state index contributed by atoms with van der Waals surface area (Å²) in [6.45, 7) is 0. The first kappa shape index (κ1) is 24.3. The van der Waals surface area contributed by atoms with Crippen molar-refractivity contribution in [2.45, 2.75) is 19.3 Å². The molecule has 1 N–H and O–H groups in total. The van der Waals surface area contributed by atoms with Crippen LogP contribution in [0, 0.1) is 5.41 Å². The van der Waals surface area contributed by atoms with Crippen LogP contribution in [0.1, 0.15) is 16.7 Å². The number of hydrogen-bond acceptors (Lipinski definition) is 3. The summed E-state index contributed by atoms with van der Waals surface area (Å²) >= 11 is 0. The first-order valence-corrected chi connectivity index (χ1v) is 12.5. The third-order valence-electron chi connectivity index (χ3n) is 6.83. The summed E-state index contributed by atoms with van der Waals surface area (Å²) in [6.07, 6.45) is 3.53. The van der Waals surface area contributed by atoms with Gasteiger partial charge in [-0.3, -0.25) is 9.78 Å². The van der Waals surface area contributed by atoms with E-state index in [4.69, 9.17) is 4.74 Å². The van der Waals surface area contributed by atoms with E-state index in [2.05, 4.69) is 46.7 Å². The molecule has 1 amide bonds. The molecule has 0 aliphatic heterocycles. The van der Waals surface area contributed by atoms with Gasteiger partial charge in [0.2, 0.25) is 5.91 Å². The lowest BCUT2D eigenvalue weighted by atomic mass is 9.71. The van der Waals surface area contributed by atoms with Gasteiger partial charge < -0.3 is 10.1 Å². The highest BCUT2D eigenvalue weighted by Crippen LogP contribution is 2.35. The molecule has 1 heterocycles. The molecule has 0 unspecified atom stereocenters. The van der Waals surface area contributed by atoms with Crippen molar-refractivity contribution in [2.75, 3.05) is 12.4 Å². The predicted molar refractivity (Wildman–Crippen MR) is 150 cm³/mol. The molecular weight excluding hydrogens is 456 g/mol. The number of hydrogen-bond donors (Lipinski definition) is 1. The lowest BCUT2D eigenvalue weighted by Crippen LogP contribution is -2.42. The van der Waals surface area contributed by atoms with Crippen LogP contribution in [0.25, 0.3) is 10.9 Å². The van der Waals surface area contributed by atoms with E-state index in [9.17, 15) is 4.79 Å². The molecule has 0 saturated heterocycles. The highest BCUT2D eigenvalue weighted by Gasteiger charge is 2.39. The van der Waals surface area contributed by atoms with E-state index in [1.165, 1.54) is 0 Å². The number of rotatable bonds is 9. The van der Waals surface area contributed by atoms with Crippen LogP contribution in [0.3, 0.4) is 0 Å². The van der Waals surface area contributed by atoms with Crippen molar-refractivity contribution in [3.05, 3.63) is 138 Å². The number of ether oxygens (including phenoxy) is 1. The number of carbonyl (C=O) groups is 1. The molecule has 0 radical (unpaired) electrons. The lowest BCUT2D eigenvalue weighted by molar-refractivity contribution is -0.125. The molecule has 0 aliphatic rings. The highest BCUT2D eigenvalue weighted by molar-refractivity contribution is 6.02. The van der Waals surface area contributed by atoms with Crippen LogP contribution in [-0.2, 0) is 24.1 Å². The van der Waals surface area contributed by atoms with Crippen LogP contribution in [0.4, 0.5) is 5.69 Å². The molecular formula is C33H30N2O2. The maximum Gasteiger partial charge on any atom is 0.231 e. The monoisotopic (exact) mass is 486 g/mol. The molecule has 0 spiro atoms. The van der Waals surface area contributed by atoms with Crippen molar-refractivity contribution in [1.29, 1.82) is 0 Å². The standard InChI is InChI=1S/C33H30N2O2/c1-37-29-19-17-27(18-20-29)24-33(22-25-10-4-2-5-11-25,23-26-12-6-3-7-13-26)32(36)35-30-16-8-14-28-15-9-21-34-31(28)30/h2-21H,22-24H2,1H3,(H,35,36). The fourth-order valence-electron chi connectivity index (χ4n) is 5.00. The Morgan fingerprint density at radius 2 is 1.27 bits per heavy atom. The van der Waals surface area contributed by atoms with Gasteiger partial charge in [-0.25, -0.2) is 0 Å². The minimum atomic E-state index is -0.742. The smallest absolute Gasteiger partial charge is 0.231 e. The van der Waals surface area contributed by atoms with Crippen molar-refractivity contribution in [1.82, 2.24) is 4.98 Å². The summed E-state index contributed by atoms with van der Waals surface area (Å²) in [5.41, 5.74) is 4.10. The van der Waals surface area contributed by atoms with Crippen LogP contribution < -0.4 is 10.1 Å². The molecule has 1 aromatic heterocycles. The normalized spacial score (nSPS) is 11.3. The highest BCUT2D eigenvalue weighted by atomic mass is 16.5. The molecule has 4 heteroatoms. The Bertz CT molecular complexity index is 1420. The Morgan fingerprint density at radius 3 is 1.86 bits per heavy atom. The molecule has 0 saturated carbocycles. The van der Waals surface area contributed by atoms with E-state index >= 15 is 0 Å². The zero-order chi connectivity index (χ0) is 25.5. The van der Waals surface area contributed by atoms with E-state index in [0.29, 0.717) is 19.3 Å². The zero-order valence-electron chi connectivity index (χ0n) is 20.9. The van der Waals surface area contributed by atoms with Crippen LogP contribution in [0.2, 0.25) is 0 Å². The number of aromatic nitrogens is 1. The Kier molecular flexibility index (Phi) is 7.27. The largest absolute Gasteiger partial charge is 0.497 e. The quantitative estimate of drug-likeness (QED) is 0.247. The summed E-state index contributed by atoms with van der Waals surface area (Å²) in [7, 11) is 1.66. The van der Waals surface area contributed by atoms with E-state index < -0.39 is 5.41 Å². The number of fused-ring (bicyclic) bond motifs is 1. The van der Waals surface area contributed by atoms with E-state index in [1.807, 2.05) is 78.9 Å². The Labute approximate surface area is 218 Å². The topological polar surface area (TPSA) is 51.2 Å². The number of anilines is 1. The van der Waals surface area contributed by atoms with Crippen molar-refractivity contribution >= 4 is 22.5 Å². The van der Waals surface area contributed by atoms with Crippen molar-refractivity contribution < 1.29 is 9.53 Å². The van der Waals surface area contributed by atoms with E-state index in [-0.39, 0.29) is 5.91 Å². The first-order chi connectivity index (χ1) is 18.1. The van der Waals surface area contributed by atoms with Gasteiger partial charge in [0.25, 0.3) is 0 Å². The SMILES string of the molecule is COc1ccc(CC(Cc2ccccc2)(Cc2ccccc2)C(=O)Nc2cccc3cccnc23)cc1. The lowest BCUT2D eigenvalue weighted by Gasteiger charge is -2.33. The van der Waals surface area contributed by atoms with Crippen LogP contribution in [0.15, 0.2) is 121 Å². The number of carbonyl (C=O) groups excluding carboxylic acids is 1. The molecule has 0 bridgehead atoms. The molecule has 0 fully saturated rings. The number of pyridine rings is 1. The Hall–Kier alpha value is -4.44. The van der Waals surface area contributed by atoms with Crippen LogP contribution in [-0.4, -0.2) is 18.0 Å². The van der Waals surface area contributed by atoms with Gasteiger partial charge in [-0.2, -0.15) is 0 Å². The second kappa shape index (κ2) is 11.1. The second-order valence-corrected chi connectivity index (χ2v) is 9.46. The molecule has 0 aliphatic carbocycles. The maximum atomic E-state index is 14.5. The number of nitrogens with one attached hydrogen (secondary N) is 1. The van der Waals surface area contributed by atoms with Gasteiger partial charge in [0.05, 0.1) is 23.7 Å². The summed E-state index contributed by atoms with van der Waals surface area (Å²) in [5, 5.41) is 4.28. The number of amides is 1. The minimum Gasteiger partial charge on any atom is -0.497 e. The molecule has 4 aromatic carbocycles. The third kappa shape index (κ3) is 5.70. The van der Waals surface area contributed by atoms with Gasteiger partial charge in [-0.05, 0) is 60.2 Å². The van der Waals surface area contributed by atoms with Crippen molar-refractivity contribution in [2.24, 2.45) is 5.41 Å². The van der Waals surface area contributed by atoms with Gasteiger partial charge >= 0.3 is 0 Å². The van der Waals surface area contributed by atoms with Gasteiger partial charge in [0.1, 0.15) is 5.75 Å². The van der Waals surface area contributed by atoms with Gasteiger partial charge in [-0.15, -0.1) is 0 Å². The Morgan fingerprint density at radius 1 is 0.703 bits per heavy atom. The van der Waals surface area contributed by atoms with Crippen molar-refractivity contribution in [3.8, 4) is 5.75 Å². The summed E-state index contributed by atoms with van der Waals surface area (Å²) in [5.74, 6) is 0.779. The Balaban J connectivity index is 1.59. The average molecular weight is 487 g/mol. The number of benzene rings is 4. The maximum absolute atomic E-state index is 14.5. The van der Waals surface area contributed by atoms with E-state index in [1.54, 1.807) is 13.3 Å². The fraction of sp³-hybridized carbons (Fsp3) is 0.152.